The van der Waals surface area contributed by atoms with Crippen molar-refractivity contribution in [1.29, 1.82) is 0 Å². The zero-order valence-electron chi connectivity index (χ0n) is 8.50. The Morgan fingerprint density at radius 2 is 2.50 bits per heavy atom. The van der Waals surface area contributed by atoms with Gasteiger partial charge in [-0.3, -0.25) is 9.59 Å². The lowest BCUT2D eigenvalue weighted by atomic mass is 9.98. The second kappa shape index (κ2) is 4.95. The minimum atomic E-state index is -0.381. The molecule has 2 atom stereocenters. The first-order chi connectivity index (χ1) is 6.69. The summed E-state index contributed by atoms with van der Waals surface area (Å²) < 4.78 is 4.62. The monoisotopic (exact) mass is 200 g/mol. The van der Waals surface area contributed by atoms with Gasteiger partial charge in [0.15, 0.2) is 0 Å². The molecule has 0 aromatic carbocycles. The highest BCUT2D eigenvalue weighted by molar-refractivity contribution is 5.82. The molecule has 1 saturated heterocycles. The van der Waals surface area contributed by atoms with Gasteiger partial charge in [0.05, 0.1) is 7.11 Å². The summed E-state index contributed by atoms with van der Waals surface area (Å²) >= 11 is 0. The molecular weight excluding hydrogens is 184 g/mol. The normalized spacial score (nSPS) is 23.0. The zero-order chi connectivity index (χ0) is 10.6. The molecule has 1 aliphatic heterocycles. The van der Waals surface area contributed by atoms with Crippen LogP contribution in [0.3, 0.4) is 0 Å². The Morgan fingerprint density at radius 1 is 1.79 bits per heavy atom. The van der Waals surface area contributed by atoms with E-state index in [1.54, 1.807) is 7.05 Å². The van der Waals surface area contributed by atoms with E-state index in [0.29, 0.717) is 13.0 Å². The van der Waals surface area contributed by atoms with Crippen molar-refractivity contribution in [3.63, 3.8) is 0 Å². The molecule has 5 heteroatoms. The topological polar surface area (TPSA) is 67.4 Å². The van der Waals surface area contributed by atoms with E-state index in [9.17, 15) is 9.59 Å². The molecule has 0 aliphatic carbocycles. The van der Waals surface area contributed by atoms with Crippen LogP contribution >= 0.6 is 0 Å². The van der Waals surface area contributed by atoms with Crippen molar-refractivity contribution < 1.29 is 14.3 Å². The molecule has 5 nitrogen and oxygen atoms in total. The lowest BCUT2D eigenvalue weighted by molar-refractivity contribution is -0.143. The lowest BCUT2D eigenvalue weighted by Crippen LogP contribution is -2.38. The van der Waals surface area contributed by atoms with Crippen molar-refractivity contribution in [1.82, 2.24) is 10.6 Å². The number of carbonyl (C=O) groups excluding carboxylic acids is 2. The van der Waals surface area contributed by atoms with E-state index < -0.39 is 0 Å². The van der Waals surface area contributed by atoms with Gasteiger partial charge in [0.2, 0.25) is 5.91 Å². The summed E-state index contributed by atoms with van der Waals surface area (Å²) in [5.41, 5.74) is 0. The smallest absolute Gasteiger partial charge is 0.322 e. The van der Waals surface area contributed by atoms with Crippen LogP contribution in [0.2, 0.25) is 0 Å². The minimum Gasteiger partial charge on any atom is -0.468 e. The van der Waals surface area contributed by atoms with Gasteiger partial charge in [0, 0.05) is 12.5 Å². The number of carbonyl (C=O) groups is 2. The molecule has 1 heterocycles. The number of hydrogen-bond donors (Lipinski definition) is 2. The summed E-state index contributed by atoms with van der Waals surface area (Å²) in [7, 11) is 3.04. The Bertz CT molecular complexity index is 230. The van der Waals surface area contributed by atoms with Gasteiger partial charge < -0.3 is 15.4 Å². The Hall–Kier alpha value is -1.10. The van der Waals surface area contributed by atoms with Crippen molar-refractivity contribution in [2.24, 2.45) is 5.92 Å². The third-order valence-corrected chi connectivity index (χ3v) is 2.52. The molecule has 0 radical (unpaired) electrons. The summed E-state index contributed by atoms with van der Waals surface area (Å²) in [6, 6.07) is -0.381. The van der Waals surface area contributed by atoms with E-state index in [-0.39, 0.29) is 23.8 Å². The third kappa shape index (κ3) is 2.45. The summed E-state index contributed by atoms with van der Waals surface area (Å²) in [6.45, 7) is 0.709. The van der Waals surface area contributed by atoms with E-state index in [1.165, 1.54) is 7.11 Å². The van der Waals surface area contributed by atoms with E-state index >= 15 is 0 Å². The quantitative estimate of drug-likeness (QED) is 0.587. The minimum absolute atomic E-state index is 0.0363. The van der Waals surface area contributed by atoms with Crippen LogP contribution in [0, 0.1) is 5.92 Å². The van der Waals surface area contributed by atoms with E-state index in [0.717, 1.165) is 6.42 Å². The first-order valence-corrected chi connectivity index (χ1v) is 4.71. The number of rotatable bonds is 4. The maximum absolute atomic E-state index is 11.2. The average molecular weight is 200 g/mol. The fourth-order valence-corrected chi connectivity index (χ4v) is 1.63. The molecule has 80 valence electrons. The van der Waals surface area contributed by atoms with E-state index in [4.69, 9.17) is 0 Å². The van der Waals surface area contributed by atoms with Gasteiger partial charge in [-0.05, 0) is 19.9 Å². The summed E-state index contributed by atoms with van der Waals surface area (Å²) in [5, 5.41) is 5.58. The number of amides is 1. The highest BCUT2D eigenvalue weighted by atomic mass is 16.5. The highest BCUT2D eigenvalue weighted by Crippen LogP contribution is 2.16. The Balaban J connectivity index is 2.47. The fraction of sp³-hybridized carbons (Fsp3) is 0.778. The van der Waals surface area contributed by atoms with Crippen molar-refractivity contribution >= 4 is 11.9 Å². The Labute approximate surface area is 83.2 Å². The highest BCUT2D eigenvalue weighted by Gasteiger charge is 2.29. The number of esters is 1. The SMILES string of the molecule is CN[C@@H](C[C@@H]1CCNC1=O)C(=O)OC. The molecule has 0 saturated carbocycles. The Kier molecular flexibility index (Phi) is 3.88. The fourth-order valence-electron chi connectivity index (χ4n) is 1.63. The second-order valence-corrected chi connectivity index (χ2v) is 3.38. The molecule has 1 aliphatic rings. The third-order valence-electron chi connectivity index (χ3n) is 2.52. The van der Waals surface area contributed by atoms with Crippen LogP contribution in [0.1, 0.15) is 12.8 Å². The summed E-state index contributed by atoms with van der Waals surface area (Å²) in [4.78, 5) is 22.5. The summed E-state index contributed by atoms with van der Waals surface area (Å²) in [6.07, 6.45) is 1.31. The molecule has 14 heavy (non-hydrogen) atoms. The van der Waals surface area contributed by atoms with Crippen molar-refractivity contribution in [3.05, 3.63) is 0 Å². The van der Waals surface area contributed by atoms with Crippen LogP contribution in [0.5, 0.6) is 0 Å². The van der Waals surface area contributed by atoms with Crippen molar-refractivity contribution in [2.75, 3.05) is 20.7 Å². The predicted octanol–water partition coefficient (Wildman–Crippen LogP) is -0.726. The van der Waals surface area contributed by atoms with Gasteiger partial charge in [0.1, 0.15) is 6.04 Å². The Morgan fingerprint density at radius 3 is 2.93 bits per heavy atom. The van der Waals surface area contributed by atoms with Crippen LogP contribution in [0.15, 0.2) is 0 Å². The van der Waals surface area contributed by atoms with Crippen LogP contribution in [0.25, 0.3) is 0 Å². The number of ether oxygens (including phenoxy) is 1. The molecule has 0 aromatic heterocycles. The molecule has 0 bridgehead atoms. The average Bonchev–Trinajstić information content (AvgIpc) is 2.59. The van der Waals surface area contributed by atoms with E-state index in [2.05, 4.69) is 15.4 Å². The zero-order valence-corrected chi connectivity index (χ0v) is 8.50. The van der Waals surface area contributed by atoms with Gasteiger partial charge in [-0.1, -0.05) is 0 Å². The molecule has 1 fully saturated rings. The molecule has 2 N–H and O–H groups in total. The predicted molar refractivity (Wildman–Crippen MR) is 50.6 cm³/mol. The number of methoxy groups -OCH3 is 1. The van der Waals surface area contributed by atoms with Crippen molar-refractivity contribution in [2.45, 2.75) is 18.9 Å². The number of nitrogens with one attached hydrogen (secondary N) is 2. The lowest BCUT2D eigenvalue weighted by Gasteiger charge is -2.15. The van der Waals surface area contributed by atoms with Gasteiger partial charge in [-0.15, -0.1) is 0 Å². The van der Waals surface area contributed by atoms with Crippen LogP contribution in [-0.4, -0.2) is 38.6 Å². The molecular formula is C9H16N2O3. The van der Waals surface area contributed by atoms with Gasteiger partial charge in [-0.2, -0.15) is 0 Å². The number of hydrogen-bond acceptors (Lipinski definition) is 4. The first kappa shape index (κ1) is 11.0. The molecule has 0 aromatic rings. The molecule has 0 spiro atoms. The number of likely N-dealkylation sites (N-methyl/N-ethyl adjacent to an activating group) is 1. The van der Waals surface area contributed by atoms with Crippen LogP contribution < -0.4 is 10.6 Å². The van der Waals surface area contributed by atoms with Crippen LogP contribution in [-0.2, 0) is 14.3 Å². The second-order valence-electron chi connectivity index (χ2n) is 3.38. The first-order valence-electron chi connectivity index (χ1n) is 4.71. The standard InChI is InChI=1S/C9H16N2O3/c1-10-7(9(13)14-2)5-6-3-4-11-8(6)12/h6-7,10H,3-5H2,1-2H3,(H,11,12)/t6-,7-/m0/s1. The largest absolute Gasteiger partial charge is 0.468 e. The maximum atomic E-state index is 11.2. The van der Waals surface area contributed by atoms with E-state index in [1.807, 2.05) is 0 Å². The maximum Gasteiger partial charge on any atom is 0.322 e. The van der Waals surface area contributed by atoms with Gasteiger partial charge in [-0.25, -0.2) is 0 Å². The molecule has 1 amide bonds. The van der Waals surface area contributed by atoms with Crippen LogP contribution in [0.4, 0.5) is 0 Å². The van der Waals surface area contributed by atoms with Gasteiger partial charge in [0.25, 0.3) is 0 Å². The van der Waals surface area contributed by atoms with Gasteiger partial charge >= 0.3 is 5.97 Å². The van der Waals surface area contributed by atoms with Crippen molar-refractivity contribution in [3.8, 4) is 0 Å². The molecule has 0 unspecified atom stereocenters. The summed E-state index contributed by atoms with van der Waals surface area (Å²) in [5.74, 6) is -0.340. The molecule has 1 rings (SSSR count).